The minimum absolute atomic E-state index is 0.183. The molecule has 0 unspecified atom stereocenters. The molecule has 1 N–H and O–H groups in total. The maximum atomic E-state index is 12.5. The summed E-state index contributed by atoms with van der Waals surface area (Å²) in [5, 5.41) is 3.17. The molecule has 0 fully saturated rings. The Bertz CT molecular complexity index is 235. The van der Waals surface area contributed by atoms with Gasteiger partial charge >= 0.3 is 0 Å². The molecule has 1 rings (SSSR count). The lowest BCUT2D eigenvalue weighted by molar-refractivity contribution is 0.626. The molecular weight excluding hydrogens is 189 g/mol. The van der Waals surface area contributed by atoms with Crippen LogP contribution in [0.1, 0.15) is 5.56 Å². The summed E-state index contributed by atoms with van der Waals surface area (Å²) >= 11 is 5.49. The van der Waals surface area contributed by atoms with Gasteiger partial charge in [0.1, 0.15) is 5.82 Å². The summed E-state index contributed by atoms with van der Waals surface area (Å²) in [6.07, 6.45) is 0.914. The first-order chi connectivity index (χ1) is 6.33. The fraction of sp³-hybridized carbons (Fsp3) is 0.400. The predicted molar refractivity (Wildman–Crippen MR) is 53.7 cm³/mol. The molecule has 72 valence electrons. The van der Waals surface area contributed by atoms with Crippen LogP contribution in [0.4, 0.5) is 4.39 Å². The zero-order valence-corrected chi connectivity index (χ0v) is 8.15. The highest BCUT2D eigenvalue weighted by molar-refractivity contribution is 6.18. The number of nitrogens with one attached hydrogen (secondary N) is 1. The molecule has 0 aliphatic rings. The number of benzene rings is 1. The van der Waals surface area contributed by atoms with Crippen molar-refractivity contribution in [3.63, 3.8) is 0 Å². The average Bonchev–Trinajstić information content (AvgIpc) is 2.15. The van der Waals surface area contributed by atoms with Gasteiger partial charge in [-0.15, -0.1) is 11.6 Å². The van der Waals surface area contributed by atoms with Gasteiger partial charge in [0.15, 0.2) is 0 Å². The van der Waals surface area contributed by atoms with Crippen LogP contribution in [0.15, 0.2) is 24.3 Å². The van der Waals surface area contributed by atoms with Crippen molar-refractivity contribution in [3.05, 3.63) is 35.6 Å². The van der Waals surface area contributed by atoms with Crippen LogP contribution in [-0.2, 0) is 6.42 Å². The van der Waals surface area contributed by atoms with E-state index in [0.29, 0.717) is 5.88 Å². The average molecular weight is 202 g/mol. The lowest BCUT2D eigenvalue weighted by atomic mass is 10.1. The second-order valence-corrected chi connectivity index (χ2v) is 3.19. The van der Waals surface area contributed by atoms with Crippen molar-refractivity contribution in [1.82, 2.24) is 5.32 Å². The molecule has 0 saturated heterocycles. The van der Waals surface area contributed by atoms with Crippen molar-refractivity contribution in [3.8, 4) is 0 Å². The molecular formula is C10H13ClFN. The lowest BCUT2D eigenvalue weighted by Gasteiger charge is -2.02. The van der Waals surface area contributed by atoms with Gasteiger partial charge in [-0.05, 0) is 30.7 Å². The highest BCUT2D eigenvalue weighted by Gasteiger charge is 1.93. The number of halogens is 2. The lowest BCUT2D eigenvalue weighted by Crippen LogP contribution is -2.19. The fourth-order valence-electron chi connectivity index (χ4n) is 1.08. The summed E-state index contributed by atoms with van der Waals surface area (Å²) in [6.45, 7) is 1.71. The first kappa shape index (κ1) is 10.5. The Morgan fingerprint density at radius 3 is 2.46 bits per heavy atom. The molecule has 0 bridgehead atoms. The summed E-state index contributed by atoms with van der Waals surface area (Å²) < 4.78 is 12.5. The molecule has 0 saturated carbocycles. The van der Waals surface area contributed by atoms with Crippen LogP contribution in [0.5, 0.6) is 0 Å². The van der Waals surface area contributed by atoms with E-state index < -0.39 is 0 Å². The summed E-state index contributed by atoms with van der Waals surface area (Å²) in [6, 6.07) is 6.57. The minimum atomic E-state index is -0.183. The molecule has 1 aromatic rings. The Balaban J connectivity index is 2.25. The molecule has 0 amide bonds. The van der Waals surface area contributed by atoms with E-state index in [2.05, 4.69) is 5.32 Å². The highest BCUT2D eigenvalue weighted by atomic mass is 35.5. The van der Waals surface area contributed by atoms with E-state index in [1.165, 1.54) is 12.1 Å². The minimum Gasteiger partial charge on any atom is -0.315 e. The van der Waals surface area contributed by atoms with Gasteiger partial charge in [0, 0.05) is 12.4 Å². The third-order valence-electron chi connectivity index (χ3n) is 1.77. The predicted octanol–water partition coefficient (Wildman–Crippen LogP) is 2.20. The Morgan fingerprint density at radius 2 is 1.85 bits per heavy atom. The summed E-state index contributed by atoms with van der Waals surface area (Å²) in [7, 11) is 0. The van der Waals surface area contributed by atoms with E-state index in [-0.39, 0.29) is 5.82 Å². The van der Waals surface area contributed by atoms with Crippen LogP contribution in [0, 0.1) is 5.82 Å². The van der Waals surface area contributed by atoms with Gasteiger partial charge in [-0.1, -0.05) is 12.1 Å². The maximum absolute atomic E-state index is 12.5. The SMILES string of the molecule is Fc1ccc(CCNCCCl)cc1. The van der Waals surface area contributed by atoms with Gasteiger partial charge in [-0.3, -0.25) is 0 Å². The molecule has 3 heteroatoms. The molecule has 0 spiro atoms. The monoisotopic (exact) mass is 201 g/mol. The van der Waals surface area contributed by atoms with Crippen LogP contribution in [0.3, 0.4) is 0 Å². The quantitative estimate of drug-likeness (QED) is 0.569. The normalized spacial score (nSPS) is 10.3. The molecule has 1 nitrogen and oxygen atoms in total. The summed E-state index contributed by atoms with van der Waals surface area (Å²) in [5.74, 6) is 0.445. The molecule has 0 aliphatic carbocycles. The van der Waals surface area contributed by atoms with Gasteiger partial charge in [-0.25, -0.2) is 4.39 Å². The zero-order valence-electron chi connectivity index (χ0n) is 7.39. The fourth-order valence-corrected chi connectivity index (χ4v) is 1.21. The van der Waals surface area contributed by atoms with Crippen LogP contribution in [-0.4, -0.2) is 19.0 Å². The van der Waals surface area contributed by atoms with E-state index in [1.807, 2.05) is 0 Å². The van der Waals surface area contributed by atoms with Gasteiger partial charge in [0.2, 0.25) is 0 Å². The van der Waals surface area contributed by atoms with Crippen molar-refractivity contribution in [2.45, 2.75) is 6.42 Å². The topological polar surface area (TPSA) is 12.0 Å². The molecule has 0 atom stereocenters. The van der Waals surface area contributed by atoms with Crippen LogP contribution in [0.25, 0.3) is 0 Å². The smallest absolute Gasteiger partial charge is 0.123 e. The Morgan fingerprint density at radius 1 is 1.15 bits per heavy atom. The number of hydrogen-bond donors (Lipinski definition) is 1. The van der Waals surface area contributed by atoms with Gasteiger partial charge in [0.05, 0.1) is 0 Å². The van der Waals surface area contributed by atoms with Gasteiger partial charge in [0.25, 0.3) is 0 Å². The van der Waals surface area contributed by atoms with Crippen molar-refractivity contribution >= 4 is 11.6 Å². The number of rotatable bonds is 5. The molecule has 0 aliphatic heterocycles. The van der Waals surface area contributed by atoms with Crippen molar-refractivity contribution in [1.29, 1.82) is 0 Å². The maximum Gasteiger partial charge on any atom is 0.123 e. The van der Waals surface area contributed by atoms with Crippen LogP contribution in [0.2, 0.25) is 0 Å². The Hall–Kier alpha value is -0.600. The van der Waals surface area contributed by atoms with E-state index >= 15 is 0 Å². The van der Waals surface area contributed by atoms with Crippen LogP contribution < -0.4 is 5.32 Å². The second-order valence-electron chi connectivity index (χ2n) is 2.82. The largest absolute Gasteiger partial charge is 0.315 e. The van der Waals surface area contributed by atoms with E-state index in [0.717, 1.165) is 25.1 Å². The molecule has 1 aromatic carbocycles. The van der Waals surface area contributed by atoms with Crippen molar-refractivity contribution in [2.75, 3.05) is 19.0 Å². The second kappa shape index (κ2) is 5.95. The third kappa shape index (κ3) is 4.25. The highest BCUT2D eigenvalue weighted by Crippen LogP contribution is 2.02. The van der Waals surface area contributed by atoms with Gasteiger partial charge in [-0.2, -0.15) is 0 Å². The van der Waals surface area contributed by atoms with E-state index in [4.69, 9.17) is 11.6 Å². The zero-order chi connectivity index (χ0) is 9.52. The first-order valence-electron chi connectivity index (χ1n) is 4.34. The van der Waals surface area contributed by atoms with Crippen LogP contribution >= 0.6 is 11.6 Å². The Labute approximate surface area is 82.9 Å². The summed E-state index contributed by atoms with van der Waals surface area (Å²) in [5.41, 5.74) is 1.14. The third-order valence-corrected chi connectivity index (χ3v) is 1.96. The number of hydrogen-bond acceptors (Lipinski definition) is 1. The molecule has 0 heterocycles. The van der Waals surface area contributed by atoms with E-state index in [1.54, 1.807) is 12.1 Å². The van der Waals surface area contributed by atoms with Gasteiger partial charge < -0.3 is 5.32 Å². The molecule has 13 heavy (non-hydrogen) atoms. The van der Waals surface area contributed by atoms with Crippen molar-refractivity contribution in [2.24, 2.45) is 0 Å². The Kier molecular flexibility index (Phi) is 4.79. The molecule has 0 aromatic heterocycles. The molecule has 0 radical (unpaired) electrons. The standard InChI is InChI=1S/C10H13ClFN/c11-6-8-13-7-5-9-1-3-10(12)4-2-9/h1-4,13H,5-8H2. The number of alkyl halides is 1. The van der Waals surface area contributed by atoms with Crippen molar-refractivity contribution < 1.29 is 4.39 Å². The first-order valence-corrected chi connectivity index (χ1v) is 4.87. The van der Waals surface area contributed by atoms with E-state index in [9.17, 15) is 4.39 Å². The summed E-state index contributed by atoms with van der Waals surface area (Å²) in [4.78, 5) is 0.